The van der Waals surface area contributed by atoms with Crippen LogP contribution in [0.3, 0.4) is 0 Å². The van der Waals surface area contributed by atoms with Crippen LogP contribution < -0.4 is 10.1 Å². The van der Waals surface area contributed by atoms with Crippen LogP contribution in [-0.4, -0.2) is 12.2 Å². The molecule has 0 bridgehead atoms. The molecule has 1 unspecified atom stereocenters. The first-order valence-electron chi connectivity index (χ1n) is 6.93. The predicted molar refractivity (Wildman–Crippen MR) is 81.5 cm³/mol. The summed E-state index contributed by atoms with van der Waals surface area (Å²) in [6.07, 6.45) is 3.67. The van der Waals surface area contributed by atoms with Crippen molar-refractivity contribution in [3.8, 4) is 11.5 Å². The van der Waals surface area contributed by atoms with Gasteiger partial charge < -0.3 is 15.2 Å². The number of rotatable bonds is 4. The molecule has 1 atom stereocenters. The summed E-state index contributed by atoms with van der Waals surface area (Å²) in [5.74, 6) is 0.721. The number of nitrogens with one attached hydrogen (secondary N) is 1. The molecule has 106 valence electrons. The summed E-state index contributed by atoms with van der Waals surface area (Å²) in [5.41, 5.74) is 2.59. The van der Waals surface area contributed by atoms with Crippen LogP contribution in [0.1, 0.15) is 34.9 Å². The zero-order valence-corrected chi connectivity index (χ0v) is 12.4. The second kappa shape index (κ2) is 5.85. The maximum absolute atomic E-state index is 9.61. The highest BCUT2D eigenvalue weighted by Gasteiger charge is 2.20. The lowest BCUT2D eigenvalue weighted by Gasteiger charge is -2.24. The fourth-order valence-corrected chi connectivity index (χ4v) is 3.76. The topological polar surface area (TPSA) is 41.5 Å². The molecule has 3 rings (SSSR count). The van der Waals surface area contributed by atoms with Gasteiger partial charge in [-0.15, -0.1) is 11.3 Å². The van der Waals surface area contributed by atoms with Gasteiger partial charge in [0.25, 0.3) is 0 Å². The number of hydrogen-bond donors (Lipinski definition) is 2. The summed E-state index contributed by atoms with van der Waals surface area (Å²) in [5, 5.41) is 15.4. The third kappa shape index (κ3) is 2.67. The third-order valence-corrected chi connectivity index (χ3v) is 4.85. The van der Waals surface area contributed by atoms with E-state index in [-0.39, 0.29) is 5.75 Å². The van der Waals surface area contributed by atoms with Crippen LogP contribution in [0.25, 0.3) is 0 Å². The SMILES string of the molecule is COc1cc(CNC2CCCc3sccc32)ccc1O. The van der Waals surface area contributed by atoms with E-state index >= 15 is 0 Å². The molecule has 2 N–H and O–H groups in total. The number of methoxy groups -OCH3 is 1. The maximum Gasteiger partial charge on any atom is 0.160 e. The first-order chi connectivity index (χ1) is 9.78. The summed E-state index contributed by atoms with van der Waals surface area (Å²) < 4.78 is 5.15. The molecule has 0 saturated carbocycles. The van der Waals surface area contributed by atoms with E-state index in [2.05, 4.69) is 16.8 Å². The Morgan fingerprint density at radius 3 is 3.15 bits per heavy atom. The van der Waals surface area contributed by atoms with E-state index in [1.54, 1.807) is 13.2 Å². The Morgan fingerprint density at radius 1 is 1.40 bits per heavy atom. The van der Waals surface area contributed by atoms with Crippen molar-refractivity contribution >= 4 is 11.3 Å². The number of thiophene rings is 1. The predicted octanol–water partition coefficient (Wildman–Crippen LogP) is 3.63. The number of fused-ring (bicyclic) bond motifs is 1. The van der Waals surface area contributed by atoms with Gasteiger partial charge in [0.1, 0.15) is 0 Å². The van der Waals surface area contributed by atoms with Crippen molar-refractivity contribution in [2.24, 2.45) is 0 Å². The molecule has 0 saturated heterocycles. The molecule has 4 heteroatoms. The van der Waals surface area contributed by atoms with Crippen LogP contribution in [0.5, 0.6) is 11.5 Å². The number of phenols is 1. The Hall–Kier alpha value is -1.52. The molecular formula is C16H19NO2S. The Balaban J connectivity index is 1.69. The molecule has 0 aliphatic heterocycles. The highest BCUT2D eigenvalue weighted by molar-refractivity contribution is 7.10. The van der Waals surface area contributed by atoms with Crippen molar-refractivity contribution in [1.29, 1.82) is 0 Å². The Bertz CT molecular complexity index is 594. The van der Waals surface area contributed by atoms with Crippen molar-refractivity contribution < 1.29 is 9.84 Å². The highest BCUT2D eigenvalue weighted by atomic mass is 32.1. The van der Waals surface area contributed by atoms with E-state index in [0.29, 0.717) is 11.8 Å². The van der Waals surface area contributed by atoms with E-state index in [1.807, 2.05) is 23.5 Å². The second-order valence-corrected chi connectivity index (χ2v) is 6.13. The van der Waals surface area contributed by atoms with Gasteiger partial charge in [-0.05, 0) is 54.0 Å². The third-order valence-electron chi connectivity index (χ3n) is 3.85. The van der Waals surface area contributed by atoms with Gasteiger partial charge >= 0.3 is 0 Å². The van der Waals surface area contributed by atoms with Gasteiger partial charge in [0.15, 0.2) is 11.5 Å². The summed E-state index contributed by atoms with van der Waals surface area (Å²) in [7, 11) is 1.57. The van der Waals surface area contributed by atoms with Gasteiger partial charge in [0.2, 0.25) is 0 Å². The zero-order chi connectivity index (χ0) is 13.9. The lowest BCUT2D eigenvalue weighted by molar-refractivity contribution is 0.372. The van der Waals surface area contributed by atoms with Crippen molar-refractivity contribution in [3.05, 3.63) is 45.6 Å². The molecule has 1 aromatic carbocycles. The number of ether oxygens (including phenoxy) is 1. The fraction of sp³-hybridized carbons (Fsp3) is 0.375. The van der Waals surface area contributed by atoms with E-state index < -0.39 is 0 Å². The molecule has 20 heavy (non-hydrogen) atoms. The molecule has 1 aliphatic carbocycles. The van der Waals surface area contributed by atoms with Crippen LogP contribution in [0, 0.1) is 0 Å². The first kappa shape index (κ1) is 13.5. The average molecular weight is 289 g/mol. The van der Waals surface area contributed by atoms with Crippen LogP contribution in [-0.2, 0) is 13.0 Å². The van der Waals surface area contributed by atoms with Crippen molar-refractivity contribution in [3.63, 3.8) is 0 Å². The van der Waals surface area contributed by atoms with Gasteiger partial charge in [-0.2, -0.15) is 0 Å². The van der Waals surface area contributed by atoms with Gasteiger partial charge in [0, 0.05) is 17.5 Å². The van der Waals surface area contributed by atoms with Crippen LogP contribution in [0.15, 0.2) is 29.6 Å². The summed E-state index contributed by atoms with van der Waals surface area (Å²) >= 11 is 1.87. The van der Waals surface area contributed by atoms with Crippen molar-refractivity contribution in [2.45, 2.75) is 31.8 Å². The van der Waals surface area contributed by atoms with Crippen LogP contribution in [0.4, 0.5) is 0 Å². The minimum Gasteiger partial charge on any atom is -0.504 e. The Labute approximate surface area is 123 Å². The number of aryl methyl sites for hydroxylation is 1. The maximum atomic E-state index is 9.61. The fourth-order valence-electron chi connectivity index (χ4n) is 2.77. The van der Waals surface area contributed by atoms with Crippen molar-refractivity contribution in [1.82, 2.24) is 5.32 Å². The molecule has 0 spiro atoms. The quantitative estimate of drug-likeness (QED) is 0.903. The van der Waals surface area contributed by atoms with E-state index in [1.165, 1.54) is 29.7 Å². The van der Waals surface area contributed by atoms with Crippen LogP contribution in [0.2, 0.25) is 0 Å². The molecule has 0 radical (unpaired) electrons. The molecule has 1 aliphatic rings. The van der Waals surface area contributed by atoms with Crippen LogP contribution >= 0.6 is 11.3 Å². The standard InChI is InChI=1S/C16H19NO2S/c1-19-15-9-11(5-6-14(15)18)10-17-13-3-2-4-16-12(13)7-8-20-16/h5-9,13,17-18H,2-4,10H2,1H3. The molecular weight excluding hydrogens is 270 g/mol. The lowest BCUT2D eigenvalue weighted by atomic mass is 9.94. The van der Waals surface area contributed by atoms with Gasteiger partial charge in [-0.3, -0.25) is 0 Å². The normalized spacial score (nSPS) is 17.8. The zero-order valence-electron chi connectivity index (χ0n) is 11.6. The molecule has 1 aromatic heterocycles. The number of phenolic OH excluding ortho intramolecular Hbond substituents is 1. The molecule has 2 aromatic rings. The smallest absolute Gasteiger partial charge is 0.160 e. The number of aromatic hydroxyl groups is 1. The molecule has 3 nitrogen and oxygen atoms in total. The van der Waals surface area contributed by atoms with E-state index in [0.717, 1.165) is 12.1 Å². The minimum absolute atomic E-state index is 0.189. The Kier molecular flexibility index (Phi) is 3.94. The van der Waals surface area contributed by atoms with E-state index in [4.69, 9.17) is 4.74 Å². The number of hydrogen-bond acceptors (Lipinski definition) is 4. The molecule has 0 amide bonds. The lowest BCUT2D eigenvalue weighted by Crippen LogP contribution is -2.23. The van der Waals surface area contributed by atoms with Gasteiger partial charge in [0.05, 0.1) is 7.11 Å². The average Bonchev–Trinajstić information content (AvgIpc) is 2.95. The molecule has 1 heterocycles. The summed E-state index contributed by atoms with van der Waals surface area (Å²) in [6, 6.07) is 8.20. The van der Waals surface area contributed by atoms with Gasteiger partial charge in [-0.25, -0.2) is 0 Å². The summed E-state index contributed by atoms with van der Waals surface area (Å²) in [6.45, 7) is 0.788. The highest BCUT2D eigenvalue weighted by Crippen LogP contribution is 2.33. The number of benzene rings is 1. The monoisotopic (exact) mass is 289 g/mol. The molecule has 0 fully saturated rings. The van der Waals surface area contributed by atoms with Gasteiger partial charge in [-0.1, -0.05) is 6.07 Å². The first-order valence-corrected chi connectivity index (χ1v) is 7.81. The van der Waals surface area contributed by atoms with Crippen molar-refractivity contribution in [2.75, 3.05) is 7.11 Å². The minimum atomic E-state index is 0.189. The second-order valence-electron chi connectivity index (χ2n) is 5.13. The largest absolute Gasteiger partial charge is 0.504 e. The van der Waals surface area contributed by atoms with E-state index in [9.17, 15) is 5.11 Å². The Morgan fingerprint density at radius 2 is 2.30 bits per heavy atom. The summed E-state index contributed by atoms with van der Waals surface area (Å²) in [4.78, 5) is 1.53.